The fraction of sp³-hybridized carbons (Fsp3) is 0.419. The van der Waals surface area contributed by atoms with Crippen molar-refractivity contribution < 1.29 is 18.3 Å². The van der Waals surface area contributed by atoms with Crippen LogP contribution in [0.4, 0.5) is 5.82 Å². The van der Waals surface area contributed by atoms with Gasteiger partial charge in [-0.25, -0.2) is 18.1 Å². The van der Waals surface area contributed by atoms with Crippen LogP contribution in [0, 0.1) is 13.8 Å². The number of aromatic nitrogens is 4. The summed E-state index contributed by atoms with van der Waals surface area (Å²) in [6, 6.07) is 13.6. The van der Waals surface area contributed by atoms with Crippen LogP contribution < -0.4 is 4.90 Å². The molecule has 11 heteroatoms. The fourth-order valence-corrected chi connectivity index (χ4v) is 8.14. The minimum Gasteiger partial charge on any atom is -0.481 e. The minimum absolute atomic E-state index is 0.0967. The van der Waals surface area contributed by atoms with Gasteiger partial charge in [0.25, 0.3) is 0 Å². The third-order valence-corrected chi connectivity index (χ3v) is 11.2. The number of sulfonamides is 1. The molecular weight excluding hydrogens is 552 g/mol. The lowest BCUT2D eigenvalue weighted by Crippen LogP contribution is -2.43. The fourth-order valence-electron chi connectivity index (χ4n) is 6.47. The molecule has 1 aliphatic heterocycles. The molecule has 0 radical (unpaired) electrons. The molecule has 2 aromatic carbocycles. The monoisotopic (exact) mass is 586 g/mol. The smallest absolute Gasteiger partial charge is 0.304 e. The van der Waals surface area contributed by atoms with E-state index in [9.17, 15) is 18.3 Å². The molecule has 1 atom stereocenters. The van der Waals surface area contributed by atoms with Crippen molar-refractivity contribution in [2.24, 2.45) is 0 Å². The zero-order chi connectivity index (χ0) is 29.4. The molecule has 2 aliphatic carbocycles. The van der Waals surface area contributed by atoms with Gasteiger partial charge in [-0.3, -0.25) is 4.79 Å². The number of aryl methyl sites for hydroxylation is 2. The van der Waals surface area contributed by atoms with Crippen molar-refractivity contribution in [2.45, 2.75) is 74.9 Å². The van der Waals surface area contributed by atoms with Crippen LogP contribution in [0.25, 0.3) is 11.0 Å². The molecule has 2 saturated carbocycles. The standard InChI is InChI=1S/C31H34N6O4S/c1-19-6-7-21(25(16-28(38)39)24-10-11-26-29(20(24)2)33-34-37(26)23-8-9-23)15-22(19)17-36-18-31(12-13-31)35(3)30-27(42(36,40)41)5-4-14-32-30/h4-7,10-11,14-15,23,25H,8-9,12-13,16-18H2,1-3H3,(H,38,39). The number of carbonyl (C=O) groups is 1. The predicted molar refractivity (Wildman–Crippen MR) is 158 cm³/mol. The molecule has 2 fully saturated rings. The van der Waals surface area contributed by atoms with Crippen LogP contribution in [0.15, 0.2) is 53.6 Å². The first-order chi connectivity index (χ1) is 20.1. The van der Waals surface area contributed by atoms with Gasteiger partial charge in [-0.1, -0.05) is 29.5 Å². The number of rotatable bonds is 7. The van der Waals surface area contributed by atoms with E-state index in [-0.39, 0.29) is 23.4 Å². The maximum absolute atomic E-state index is 14.0. The molecule has 42 heavy (non-hydrogen) atoms. The Bertz CT molecular complexity index is 1840. The highest BCUT2D eigenvalue weighted by Gasteiger charge is 2.53. The van der Waals surface area contributed by atoms with Crippen LogP contribution in [-0.2, 0) is 21.4 Å². The molecule has 7 rings (SSSR count). The Kier molecular flexibility index (Phi) is 6.18. The Morgan fingerprint density at radius 1 is 1.14 bits per heavy atom. The number of likely N-dealkylation sites (N-methyl/N-ethyl adjacent to an activating group) is 1. The van der Waals surface area contributed by atoms with Crippen molar-refractivity contribution in [3.8, 4) is 0 Å². The lowest BCUT2D eigenvalue weighted by molar-refractivity contribution is -0.137. The average molecular weight is 587 g/mol. The molecule has 2 aromatic heterocycles. The summed E-state index contributed by atoms with van der Waals surface area (Å²) in [6.07, 6.45) is 5.54. The number of carboxylic acids is 1. The Hall–Kier alpha value is -3.83. The number of fused-ring (bicyclic) bond motifs is 2. The summed E-state index contributed by atoms with van der Waals surface area (Å²) >= 11 is 0. The molecule has 4 aromatic rings. The zero-order valence-corrected chi connectivity index (χ0v) is 24.8. The maximum atomic E-state index is 14.0. The number of hydrogen-bond acceptors (Lipinski definition) is 7. The predicted octanol–water partition coefficient (Wildman–Crippen LogP) is 4.56. The van der Waals surface area contributed by atoms with Gasteiger partial charge in [0.05, 0.1) is 23.5 Å². The number of carboxylic acid groups (broad SMARTS) is 1. The van der Waals surface area contributed by atoms with E-state index in [4.69, 9.17) is 0 Å². The van der Waals surface area contributed by atoms with E-state index in [0.29, 0.717) is 18.4 Å². The van der Waals surface area contributed by atoms with Gasteiger partial charge in [-0.2, -0.15) is 4.31 Å². The number of pyridine rings is 1. The molecule has 1 spiro atoms. The highest BCUT2D eigenvalue weighted by atomic mass is 32.2. The van der Waals surface area contributed by atoms with Gasteiger partial charge < -0.3 is 10.0 Å². The van der Waals surface area contributed by atoms with E-state index in [2.05, 4.69) is 15.3 Å². The molecule has 218 valence electrons. The first-order valence-electron chi connectivity index (χ1n) is 14.4. The summed E-state index contributed by atoms with van der Waals surface area (Å²) in [6.45, 7) is 4.52. The Labute approximate surface area is 245 Å². The van der Waals surface area contributed by atoms with Crippen molar-refractivity contribution in [3.63, 3.8) is 0 Å². The van der Waals surface area contributed by atoms with Crippen LogP contribution in [0.1, 0.15) is 71.9 Å². The minimum atomic E-state index is -3.82. The van der Waals surface area contributed by atoms with Crippen LogP contribution in [-0.4, -0.2) is 62.9 Å². The molecule has 3 aliphatic rings. The SMILES string of the molecule is Cc1ccc(C(CC(=O)O)c2ccc3c(nnn3C3CC3)c2C)cc1CN1CC2(CC2)N(C)c2ncccc2S1(=O)=O. The van der Waals surface area contributed by atoms with Crippen molar-refractivity contribution in [3.05, 3.63) is 76.5 Å². The third-order valence-electron chi connectivity index (χ3n) is 9.40. The second-order valence-corrected chi connectivity index (χ2v) is 14.0. The van der Waals surface area contributed by atoms with Crippen molar-refractivity contribution >= 4 is 32.8 Å². The number of nitrogens with zero attached hydrogens (tertiary/aromatic N) is 6. The van der Waals surface area contributed by atoms with Crippen molar-refractivity contribution in [1.29, 1.82) is 0 Å². The molecule has 10 nitrogen and oxygen atoms in total. The van der Waals surface area contributed by atoms with E-state index in [1.54, 1.807) is 22.6 Å². The Balaban J connectivity index is 1.28. The zero-order valence-electron chi connectivity index (χ0n) is 24.0. The number of benzene rings is 2. The first kappa shape index (κ1) is 27.0. The molecule has 0 bridgehead atoms. The van der Waals surface area contributed by atoms with Crippen LogP contribution in [0.5, 0.6) is 0 Å². The summed E-state index contributed by atoms with van der Waals surface area (Å²) in [5.74, 6) is -0.834. The second kappa shape index (κ2) is 9.60. The summed E-state index contributed by atoms with van der Waals surface area (Å²) in [4.78, 5) is 18.8. The summed E-state index contributed by atoms with van der Waals surface area (Å²) in [5, 5.41) is 18.8. The van der Waals surface area contributed by atoms with Gasteiger partial charge >= 0.3 is 5.97 Å². The molecule has 0 amide bonds. The van der Waals surface area contributed by atoms with Gasteiger partial charge in [-0.05, 0) is 85.5 Å². The van der Waals surface area contributed by atoms with E-state index in [1.165, 1.54) is 0 Å². The average Bonchev–Trinajstić information content (AvgIpc) is 3.91. The normalized spacial score (nSPS) is 19.9. The highest BCUT2D eigenvalue weighted by molar-refractivity contribution is 7.89. The first-order valence-corrected chi connectivity index (χ1v) is 15.9. The second-order valence-electron chi connectivity index (χ2n) is 12.1. The van der Waals surface area contributed by atoms with Gasteiger partial charge in [0.2, 0.25) is 10.0 Å². The highest BCUT2D eigenvalue weighted by Crippen LogP contribution is 2.48. The lowest BCUT2D eigenvalue weighted by atomic mass is 9.84. The largest absolute Gasteiger partial charge is 0.481 e. The topological polar surface area (TPSA) is 122 Å². The number of aliphatic carboxylic acids is 1. The lowest BCUT2D eigenvalue weighted by Gasteiger charge is -2.29. The Morgan fingerprint density at radius 2 is 1.93 bits per heavy atom. The van der Waals surface area contributed by atoms with Crippen LogP contribution >= 0.6 is 0 Å². The van der Waals surface area contributed by atoms with Gasteiger partial charge in [0.15, 0.2) is 0 Å². The summed E-state index contributed by atoms with van der Waals surface area (Å²) in [7, 11) is -1.88. The van der Waals surface area contributed by atoms with E-state index < -0.39 is 21.9 Å². The molecule has 0 saturated heterocycles. The van der Waals surface area contributed by atoms with Crippen molar-refractivity contribution in [2.75, 3.05) is 18.5 Å². The molecule has 1 N–H and O–H groups in total. The van der Waals surface area contributed by atoms with Gasteiger partial charge in [0, 0.05) is 32.3 Å². The number of hydrogen-bond donors (Lipinski definition) is 1. The number of anilines is 1. The summed E-state index contributed by atoms with van der Waals surface area (Å²) in [5.41, 5.74) is 5.96. The van der Waals surface area contributed by atoms with Gasteiger partial charge in [-0.15, -0.1) is 5.10 Å². The molecular formula is C31H34N6O4S. The van der Waals surface area contributed by atoms with Crippen LogP contribution in [0.2, 0.25) is 0 Å². The van der Waals surface area contributed by atoms with Crippen LogP contribution in [0.3, 0.4) is 0 Å². The Morgan fingerprint density at radius 3 is 2.64 bits per heavy atom. The molecule has 1 unspecified atom stereocenters. The van der Waals surface area contributed by atoms with Crippen molar-refractivity contribution in [1.82, 2.24) is 24.3 Å². The summed E-state index contributed by atoms with van der Waals surface area (Å²) < 4.78 is 31.5. The van der Waals surface area contributed by atoms with Gasteiger partial charge in [0.1, 0.15) is 16.2 Å². The quantitative estimate of drug-likeness (QED) is 0.335. The van der Waals surface area contributed by atoms with E-state index in [1.807, 2.05) is 60.8 Å². The van der Waals surface area contributed by atoms with E-state index in [0.717, 1.165) is 64.5 Å². The molecule has 3 heterocycles. The maximum Gasteiger partial charge on any atom is 0.304 e. The van der Waals surface area contributed by atoms with E-state index >= 15 is 0 Å². The third kappa shape index (κ3) is 4.37.